The summed E-state index contributed by atoms with van der Waals surface area (Å²) in [6.07, 6.45) is 1.71. The highest BCUT2D eigenvalue weighted by Gasteiger charge is 2.39. The van der Waals surface area contributed by atoms with Gasteiger partial charge >= 0.3 is 5.97 Å². The van der Waals surface area contributed by atoms with Gasteiger partial charge in [-0.15, -0.1) is 0 Å². The third kappa shape index (κ3) is 3.87. The topological polar surface area (TPSA) is 98.8 Å². The molecule has 0 saturated heterocycles. The van der Waals surface area contributed by atoms with Gasteiger partial charge in [0.05, 0.1) is 33.3 Å². The van der Waals surface area contributed by atoms with Gasteiger partial charge in [0, 0.05) is 11.5 Å². The molecule has 0 fully saturated rings. The maximum atomic E-state index is 13.4. The quantitative estimate of drug-likeness (QED) is 0.275. The fraction of sp³-hybridized carbons (Fsp3) is 0.241. The average Bonchev–Trinajstić information content (AvgIpc) is 3.26. The van der Waals surface area contributed by atoms with Gasteiger partial charge in [0.2, 0.25) is 11.5 Å². The van der Waals surface area contributed by atoms with Crippen LogP contribution in [-0.4, -0.2) is 46.3 Å². The van der Waals surface area contributed by atoms with Crippen LogP contribution in [-0.2, 0) is 4.79 Å². The molecule has 0 spiro atoms. The third-order valence-corrected chi connectivity index (χ3v) is 6.73. The molecule has 0 bridgehead atoms. The van der Waals surface area contributed by atoms with E-state index in [1.54, 1.807) is 30.3 Å². The van der Waals surface area contributed by atoms with Crippen LogP contribution in [0.15, 0.2) is 48.2 Å². The zero-order valence-corrected chi connectivity index (χ0v) is 21.0. The van der Waals surface area contributed by atoms with E-state index < -0.39 is 5.92 Å². The summed E-state index contributed by atoms with van der Waals surface area (Å²) in [6, 6.07) is 12.3. The predicted octanol–water partition coefficient (Wildman–Crippen LogP) is 4.54. The van der Waals surface area contributed by atoms with Crippen LogP contribution in [0.4, 0.5) is 0 Å². The molecule has 38 heavy (non-hydrogen) atoms. The standard InChI is InChI=1S/C29H24O9/c1-32-23-11-15(12-24(33-2)29(23)34-3)10-22-27(31)17-5-7-20-26(28(17)38-22)18(14-25(30)37-20)16-4-6-19-21(13-16)36-9-8-35-19/h4-7,10-13,18H,8-9,14H2,1-3H3/b22-10-. The molecule has 3 aliphatic rings. The van der Waals surface area contributed by atoms with Gasteiger partial charge in [-0.3, -0.25) is 9.59 Å². The van der Waals surface area contributed by atoms with E-state index in [9.17, 15) is 9.59 Å². The molecule has 0 amide bonds. The van der Waals surface area contributed by atoms with E-state index in [-0.39, 0.29) is 23.9 Å². The van der Waals surface area contributed by atoms with Crippen LogP contribution in [0, 0.1) is 0 Å². The van der Waals surface area contributed by atoms with Gasteiger partial charge in [-0.25, -0.2) is 0 Å². The van der Waals surface area contributed by atoms with Crippen LogP contribution < -0.4 is 33.2 Å². The van der Waals surface area contributed by atoms with Crippen LogP contribution in [0.25, 0.3) is 6.08 Å². The Morgan fingerprint density at radius 2 is 1.53 bits per heavy atom. The minimum atomic E-state index is -0.398. The number of Topliss-reactive ketones (excluding diaryl/α,β-unsaturated/α-hetero) is 1. The molecule has 3 heterocycles. The third-order valence-electron chi connectivity index (χ3n) is 6.73. The normalized spacial score (nSPS) is 18.3. The van der Waals surface area contributed by atoms with Crippen molar-refractivity contribution in [3.05, 3.63) is 70.5 Å². The largest absolute Gasteiger partial charge is 0.493 e. The van der Waals surface area contributed by atoms with Gasteiger partial charge in [0.15, 0.2) is 28.8 Å². The number of benzene rings is 3. The van der Waals surface area contributed by atoms with Crippen molar-refractivity contribution in [3.8, 4) is 40.2 Å². The first kappa shape index (κ1) is 23.7. The number of rotatable bonds is 5. The van der Waals surface area contributed by atoms with Gasteiger partial charge in [-0.1, -0.05) is 6.07 Å². The van der Waals surface area contributed by atoms with Gasteiger partial charge < -0.3 is 33.2 Å². The van der Waals surface area contributed by atoms with E-state index in [0.717, 1.165) is 5.56 Å². The van der Waals surface area contributed by atoms with E-state index >= 15 is 0 Å². The highest BCUT2D eigenvalue weighted by atomic mass is 16.6. The van der Waals surface area contributed by atoms with Gasteiger partial charge in [-0.2, -0.15) is 0 Å². The summed E-state index contributed by atoms with van der Waals surface area (Å²) in [7, 11) is 4.56. The SMILES string of the molecule is COc1cc(/C=C2\Oc3c(ccc4c3C(c3ccc5c(c3)OCCO5)CC(=O)O4)C2=O)cc(OC)c1OC. The number of carbonyl (C=O) groups excluding carboxylic acids is 2. The molecule has 9 heteroatoms. The van der Waals surface area contributed by atoms with Crippen LogP contribution in [0.3, 0.4) is 0 Å². The summed E-state index contributed by atoms with van der Waals surface area (Å²) in [4.78, 5) is 25.9. The fourth-order valence-corrected chi connectivity index (χ4v) is 5.00. The molecule has 0 aliphatic carbocycles. The Labute approximate surface area is 218 Å². The molecule has 0 N–H and O–H groups in total. The maximum absolute atomic E-state index is 13.4. The lowest BCUT2D eigenvalue weighted by Gasteiger charge is -2.27. The maximum Gasteiger partial charge on any atom is 0.312 e. The fourth-order valence-electron chi connectivity index (χ4n) is 5.00. The van der Waals surface area contributed by atoms with E-state index in [4.69, 9.17) is 33.2 Å². The number of allylic oxidation sites excluding steroid dienone is 1. The number of ketones is 1. The van der Waals surface area contributed by atoms with Crippen molar-refractivity contribution in [3.63, 3.8) is 0 Å². The highest BCUT2D eigenvalue weighted by molar-refractivity contribution is 6.15. The summed E-state index contributed by atoms with van der Waals surface area (Å²) in [5, 5.41) is 0. The molecular formula is C29H24O9. The zero-order chi connectivity index (χ0) is 26.4. The molecule has 3 aromatic carbocycles. The first-order valence-corrected chi connectivity index (χ1v) is 12.0. The molecule has 1 atom stereocenters. The minimum absolute atomic E-state index is 0.0899. The number of ether oxygens (including phenoxy) is 7. The van der Waals surface area contributed by atoms with Crippen molar-refractivity contribution >= 4 is 17.8 Å². The smallest absolute Gasteiger partial charge is 0.312 e. The second-order valence-electron chi connectivity index (χ2n) is 8.89. The molecule has 0 aromatic heterocycles. The molecule has 3 aliphatic heterocycles. The summed E-state index contributed by atoms with van der Waals surface area (Å²) >= 11 is 0. The van der Waals surface area contributed by atoms with Crippen molar-refractivity contribution < 1.29 is 42.7 Å². The second-order valence-corrected chi connectivity index (χ2v) is 8.89. The molecule has 3 aromatic rings. The molecule has 6 rings (SSSR count). The molecule has 1 unspecified atom stereocenters. The number of fused-ring (bicyclic) bond motifs is 4. The molecule has 0 saturated carbocycles. The van der Waals surface area contributed by atoms with Crippen molar-refractivity contribution in [2.24, 2.45) is 0 Å². The Morgan fingerprint density at radius 3 is 2.24 bits per heavy atom. The Hall–Kier alpha value is -4.66. The lowest BCUT2D eigenvalue weighted by Crippen LogP contribution is -2.22. The summed E-state index contributed by atoms with van der Waals surface area (Å²) < 4.78 is 39.4. The number of hydrogen-bond donors (Lipinski definition) is 0. The van der Waals surface area contributed by atoms with E-state index in [0.29, 0.717) is 70.2 Å². The van der Waals surface area contributed by atoms with Gasteiger partial charge in [-0.05, 0) is 53.6 Å². The number of hydrogen-bond acceptors (Lipinski definition) is 9. The minimum Gasteiger partial charge on any atom is -0.493 e. The van der Waals surface area contributed by atoms with Gasteiger partial charge in [0.1, 0.15) is 24.7 Å². The molecule has 0 radical (unpaired) electrons. The lowest BCUT2D eigenvalue weighted by molar-refractivity contribution is -0.135. The number of carbonyl (C=O) groups is 2. The van der Waals surface area contributed by atoms with Crippen LogP contribution >= 0.6 is 0 Å². The first-order chi connectivity index (χ1) is 18.5. The Balaban J connectivity index is 1.42. The predicted molar refractivity (Wildman–Crippen MR) is 135 cm³/mol. The Morgan fingerprint density at radius 1 is 0.816 bits per heavy atom. The zero-order valence-electron chi connectivity index (χ0n) is 21.0. The Bertz CT molecular complexity index is 1480. The number of esters is 1. The highest BCUT2D eigenvalue weighted by Crippen LogP contribution is 2.50. The average molecular weight is 517 g/mol. The molecule has 9 nitrogen and oxygen atoms in total. The summed E-state index contributed by atoms with van der Waals surface area (Å²) in [5.41, 5.74) is 2.49. The monoisotopic (exact) mass is 516 g/mol. The second kappa shape index (κ2) is 9.33. The lowest BCUT2D eigenvalue weighted by atomic mass is 9.84. The van der Waals surface area contributed by atoms with Crippen molar-refractivity contribution in [2.45, 2.75) is 12.3 Å². The Kier molecular flexibility index (Phi) is 5.83. The van der Waals surface area contributed by atoms with Crippen LogP contribution in [0.1, 0.15) is 39.4 Å². The summed E-state index contributed by atoms with van der Waals surface area (Å²) in [6.45, 7) is 0.928. The van der Waals surface area contributed by atoms with Gasteiger partial charge in [0.25, 0.3) is 0 Å². The van der Waals surface area contributed by atoms with Crippen molar-refractivity contribution in [1.82, 2.24) is 0 Å². The van der Waals surface area contributed by atoms with Crippen molar-refractivity contribution in [2.75, 3.05) is 34.5 Å². The molecule has 194 valence electrons. The van der Waals surface area contributed by atoms with E-state index in [1.165, 1.54) is 21.3 Å². The first-order valence-electron chi connectivity index (χ1n) is 12.0. The van der Waals surface area contributed by atoms with Crippen LogP contribution in [0.2, 0.25) is 0 Å². The van der Waals surface area contributed by atoms with Crippen LogP contribution in [0.5, 0.6) is 40.2 Å². The van der Waals surface area contributed by atoms with Crippen molar-refractivity contribution in [1.29, 1.82) is 0 Å². The molecular weight excluding hydrogens is 492 g/mol. The van der Waals surface area contributed by atoms with E-state index in [1.807, 2.05) is 18.2 Å². The van der Waals surface area contributed by atoms with E-state index in [2.05, 4.69) is 0 Å². The number of methoxy groups -OCH3 is 3. The summed E-state index contributed by atoms with van der Waals surface area (Å²) in [5.74, 6) is 2.42.